The van der Waals surface area contributed by atoms with Gasteiger partial charge >= 0.3 is 0 Å². The molecule has 2 aromatic carbocycles. The fourth-order valence-electron chi connectivity index (χ4n) is 3.45. The zero-order chi connectivity index (χ0) is 19.7. The van der Waals surface area contributed by atoms with Crippen molar-refractivity contribution in [3.63, 3.8) is 0 Å². The third-order valence-corrected chi connectivity index (χ3v) is 5.59. The molecule has 5 heteroatoms. The number of aromatic nitrogens is 2. The Balaban J connectivity index is 1.84. The molecule has 0 aliphatic heterocycles. The highest BCUT2D eigenvalue weighted by Gasteiger charge is 2.21. The molecule has 0 spiro atoms. The molecule has 0 amide bonds. The molecule has 0 bridgehead atoms. The number of benzene rings is 2. The lowest BCUT2D eigenvalue weighted by molar-refractivity contribution is 0.469. The quantitative estimate of drug-likeness (QED) is 0.429. The van der Waals surface area contributed by atoms with Crippen molar-refractivity contribution in [2.45, 2.75) is 19.3 Å². The van der Waals surface area contributed by atoms with Crippen molar-refractivity contribution in [2.24, 2.45) is 0 Å². The fourth-order valence-corrected chi connectivity index (χ4v) is 3.68. The normalized spacial score (nSPS) is 12.2. The molecule has 0 saturated carbocycles. The SMILES string of the molecule is Cc1cc(CC(c2ccc(Cl)cc2)c2ccc3cccnc3c2O)ncc1Cl. The van der Waals surface area contributed by atoms with Crippen LogP contribution in [0.2, 0.25) is 10.0 Å². The van der Waals surface area contributed by atoms with Crippen LogP contribution in [0.25, 0.3) is 10.9 Å². The zero-order valence-electron chi connectivity index (χ0n) is 15.2. The van der Waals surface area contributed by atoms with Crippen LogP contribution in [0.15, 0.2) is 67.0 Å². The standard InChI is InChI=1S/C23H18Cl2N2O/c1-14-11-18(27-13-21(14)25)12-20(15-4-7-17(24)8-5-15)19-9-6-16-3-2-10-26-22(16)23(19)28/h2-11,13,20,28H,12H2,1H3. The average Bonchev–Trinajstić information content (AvgIpc) is 2.70. The van der Waals surface area contributed by atoms with E-state index in [1.54, 1.807) is 12.4 Å². The molecule has 1 atom stereocenters. The molecule has 0 aliphatic carbocycles. The first-order chi connectivity index (χ1) is 13.5. The van der Waals surface area contributed by atoms with E-state index in [0.29, 0.717) is 22.0 Å². The molecule has 4 rings (SSSR count). The van der Waals surface area contributed by atoms with Gasteiger partial charge in [-0.05, 0) is 42.3 Å². The monoisotopic (exact) mass is 408 g/mol. The topological polar surface area (TPSA) is 46.0 Å². The Bertz CT molecular complexity index is 1140. The number of nitrogens with zero attached hydrogens (tertiary/aromatic N) is 2. The number of hydrogen-bond donors (Lipinski definition) is 1. The van der Waals surface area contributed by atoms with Crippen molar-refractivity contribution in [3.8, 4) is 5.75 Å². The van der Waals surface area contributed by atoms with E-state index >= 15 is 0 Å². The number of fused-ring (bicyclic) bond motifs is 1. The highest BCUT2D eigenvalue weighted by Crippen LogP contribution is 2.38. The maximum atomic E-state index is 11.0. The zero-order valence-corrected chi connectivity index (χ0v) is 16.7. The maximum Gasteiger partial charge on any atom is 0.145 e. The van der Waals surface area contributed by atoms with Crippen LogP contribution >= 0.6 is 23.2 Å². The van der Waals surface area contributed by atoms with Crippen LogP contribution in [0.5, 0.6) is 5.75 Å². The van der Waals surface area contributed by atoms with Crippen LogP contribution < -0.4 is 0 Å². The number of aromatic hydroxyl groups is 1. The van der Waals surface area contributed by atoms with E-state index in [9.17, 15) is 5.11 Å². The van der Waals surface area contributed by atoms with Crippen molar-refractivity contribution in [1.82, 2.24) is 9.97 Å². The van der Waals surface area contributed by atoms with E-state index < -0.39 is 0 Å². The average molecular weight is 409 g/mol. The van der Waals surface area contributed by atoms with Gasteiger partial charge in [0.05, 0.1) is 5.02 Å². The second-order valence-electron chi connectivity index (χ2n) is 6.81. The molecule has 3 nitrogen and oxygen atoms in total. The van der Waals surface area contributed by atoms with Crippen LogP contribution in [0.3, 0.4) is 0 Å². The van der Waals surface area contributed by atoms with Gasteiger partial charge in [0.1, 0.15) is 11.3 Å². The number of aryl methyl sites for hydroxylation is 1. The molecule has 0 fully saturated rings. The summed E-state index contributed by atoms with van der Waals surface area (Å²) in [5.74, 6) is 0.0977. The van der Waals surface area contributed by atoms with Crippen molar-refractivity contribution in [2.75, 3.05) is 0 Å². The van der Waals surface area contributed by atoms with E-state index in [1.165, 1.54) is 0 Å². The Morgan fingerprint density at radius 3 is 2.54 bits per heavy atom. The van der Waals surface area contributed by atoms with Gasteiger partial charge in [-0.3, -0.25) is 9.97 Å². The molecule has 1 N–H and O–H groups in total. The van der Waals surface area contributed by atoms with Crippen molar-refractivity contribution in [3.05, 3.63) is 99.4 Å². The van der Waals surface area contributed by atoms with Gasteiger partial charge in [0.2, 0.25) is 0 Å². The maximum absolute atomic E-state index is 11.0. The lowest BCUT2D eigenvalue weighted by Crippen LogP contribution is -2.07. The predicted octanol–water partition coefficient (Wildman–Crippen LogP) is 6.33. The van der Waals surface area contributed by atoms with Gasteiger partial charge in [0, 0.05) is 46.4 Å². The summed E-state index contributed by atoms with van der Waals surface area (Å²) in [6, 6.07) is 17.4. The van der Waals surface area contributed by atoms with Crippen LogP contribution in [0.4, 0.5) is 0 Å². The van der Waals surface area contributed by atoms with E-state index in [4.69, 9.17) is 23.2 Å². The summed E-state index contributed by atoms with van der Waals surface area (Å²) in [4.78, 5) is 8.84. The van der Waals surface area contributed by atoms with Crippen molar-refractivity contribution >= 4 is 34.1 Å². The van der Waals surface area contributed by atoms with Crippen LogP contribution in [-0.2, 0) is 6.42 Å². The summed E-state index contributed by atoms with van der Waals surface area (Å²) in [5, 5.41) is 13.2. The van der Waals surface area contributed by atoms with Crippen molar-refractivity contribution < 1.29 is 5.11 Å². The molecule has 1 unspecified atom stereocenters. The first kappa shape index (κ1) is 18.7. The molecule has 28 heavy (non-hydrogen) atoms. The molecule has 2 heterocycles. The number of phenolic OH excluding ortho intramolecular Hbond substituents is 1. The minimum absolute atomic E-state index is 0.100. The van der Waals surface area contributed by atoms with E-state index in [1.807, 2.05) is 61.5 Å². The Labute approximate surface area is 173 Å². The molecule has 0 radical (unpaired) electrons. The lowest BCUT2D eigenvalue weighted by Gasteiger charge is -2.20. The van der Waals surface area contributed by atoms with Gasteiger partial charge in [-0.25, -0.2) is 0 Å². The third kappa shape index (κ3) is 3.68. The summed E-state index contributed by atoms with van der Waals surface area (Å²) in [6.45, 7) is 1.96. The minimum Gasteiger partial charge on any atom is -0.505 e. The number of pyridine rings is 2. The number of phenols is 1. The molecule has 2 aromatic heterocycles. The van der Waals surface area contributed by atoms with E-state index in [2.05, 4.69) is 9.97 Å². The number of hydrogen-bond acceptors (Lipinski definition) is 3. The van der Waals surface area contributed by atoms with Gasteiger partial charge in [-0.1, -0.05) is 53.5 Å². The third-order valence-electron chi connectivity index (χ3n) is 4.94. The minimum atomic E-state index is -0.100. The lowest BCUT2D eigenvalue weighted by atomic mass is 9.86. The largest absolute Gasteiger partial charge is 0.505 e. The van der Waals surface area contributed by atoms with Crippen LogP contribution in [0, 0.1) is 6.92 Å². The van der Waals surface area contributed by atoms with Crippen molar-refractivity contribution in [1.29, 1.82) is 0 Å². The Morgan fingerprint density at radius 1 is 1.00 bits per heavy atom. The van der Waals surface area contributed by atoms with Gasteiger partial charge in [0.15, 0.2) is 0 Å². The Kier molecular flexibility index (Phi) is 5.21. The number of halogens is 2. The number of rotatable bonds is 4. The Hall–Kier alpha value is -2.62. The molecule has 0 saturated heterocycles. The smallest absolute Gasteiger partial charge is 0.145 e. The summed E-state index contributed by atoms with van der Waals surface area (Å²) < 4.78 is 0. The predicted molar refractivity (Wildman–Crippen MR) is 114 cm³/mol. The first-order valence-electron chi connectivity index (χ1n) is 8.96. The van der Waals surface area contributed by atoms with Crippen LogP contribution in [0.1, 0.15) is 28.3 Å². The second kappa shape index (κ2) is 7.78. The Morgan fingerprint density at radius 2 is 1.79 bits per heavy atom. The van der Waals surface area contributed by atoms with Gasteiger partial charge in [-0.15, -0.1) is 0 Å². The van der Waals surface area contributed by atoms with Gasteiger partial charge in [0.25, 0.3) is 0 Å². The molecule has 140 valence electrons. The highest BCUT2D eigenvalue weighted by atomic mass is 35.5. The summed E-state index contributed by atoms with van der Waals surface area (Å²) in [5.41, 5.74) is 4.33. The molecule has 0 aliphatic rings. The van der Waals surface area contributed by atoms with Gasteiger partial charge in [-0.2, -0.15) is 0 Å². The fraction of sp³-hybridized carbons (Fsp3) is 0.130. The van der Waals surface area contributed by atoms with E-state index in [-0.39, 0.29) is 11.7 Å². The summed E-state index contributed by atoms with van der Waals surface area (Å²) in [6.07, 6.45) is 3.98. The summed E-state index contributed by atoms with van der Waals surface area (Å²) >= 11 is 12.2. The molecular weight excluding hydrogens is 391 g/mol. The highest BCUT2D eigenvalue weighted by molar-refractivity contribution is 6.31. The summed E-state index contributed by atoms with van der Waals surface area (Å²) in [7, 11) is 0. The van der Waals surface area contributed by atoms with Crippen LogP contribution in [-0.4, -0.2) is 15.1 Å². The van der Waals surface area contributed by atoms with Gasteiger partial charge < -0.3 is 5.11 Å². The molecular formula is C23H18Cl2N2O. The molecule has 4 aromatic rings. The van der Waals surface area contributed by atoms with E-state index in [0.717, 1.165) is 27.8 Å². The first-order valence-corrected chi connectivity index (χ1v) is 9.71. The second-order valence-corrected chi connectivity index (χ2v) is 7.66.